The summed E-state index contributed by atoms with van der Waals surface area (Å²) in [4.78, 5) is 23.1. The van der Waals surface area contributed by atoms with Crippen LogP contribution in [-0.2, 0) is 0 Å². The van der Waals surface area contributed by atoms with Gasteiger partial charge in [0.1, 0.15) is 17.3 Å². The number of benzene rings is 1. The molecule has 1 aromatic heterocycles. The average molecular weight is 351 g/mol. The zero-order valence-corrected chi connectivity index (χ0v) is 15.2. The summed E-state index contributed by atoms with van der Waals surface area (Å²) in [6.07, 6.45) is 5.48. The first-order chi connectivity index (χ1) is 12.7. The van der Waals surface area contributed by atoms with Gasteiger partial charge in [-0.1, -0.05) is 6.08 Å². The first-order valence-corrected chi connectivity index (χ1v) is 9.02. The second-order valence-electron chi connectivity index (χ2n) is 6.40. The molecule has 6 nitrogen and oxygen atoms in total. The minimum Gasteiger partial charge on any atom is -0.372 e. The minimum absolute atomic E-state index is 0.237. The molecule has 1 aliphatic heterocycles. The lowest BCUT2D eigenvalue weighted by Gasteiger charge is -2.28. The molecule has 0 atom stereocenters. The Labute approximate surface area is 154 Å². The number of hydrogen-bond donors (Lipinski definition) is 2. The van der Waals surface area contributed by atoms with E-state index in [4.69, 9.17) is 0 Å². The number of aryl methyl sites for hydroxylation is 1. The van der Waals surface area contributed by atoms with Gasteiger partial charge >= 0.3 is 0 Å². The molecule has 0 saturated carbocycles. The molecular weight excluding hydrogens is 326 g/mol. The Morgan fingerprint density at radius 2 is 1.92 bits per heavy atom. The van der Waals surface area contributed by atoms with Crippen LogP contribution in [0.4, 0.5) is 17.2 Å². The molecule has 136 valence electrons. The lowest BCUT2D eigenvalue weighted by molar-refractivity contribution is 0.0952. The maximum absolute atomic E-state index is 12.1. The molecule has 1 saturated heterocycles. The highest BCUT2D eigenvalue weighted by molar-refractivity contribution is 5.93. The van der Waals surface area contributed by atoms with Crippen molar-refractivity contribution in [1.82, 2.24) is 15.3 Å². The van der Waals surface area contributed by atoms with Crippen LogP contribution < -0.4 is 15.5 Å². The van der Waals surface area contributed by atoms with Crippen molar-refractivity contribution in [3.05, 3.63) is 54.5 Å². The first-order valence-electron chi connectivity index (χ1n) is 9.02. The Morgan fingerprint density at radius 3 is 2.62 bits per heavy atom. The second kappa shape index (κ2) is 8.47. The van der Waals surface area contributed by atoms with E-state index < -0.39 is 0 Å². The fourth-order valence-corrected chi connectivity index (χ4v) is 3.06. The number of rotatable bonds is 6. The SMILES string of the molecule is C=CCNC(=O)c1cc(Nc2ccc(N3CCCCC3)cc2)nc(C)n1. The summed E-state index contributed by atoms with van der Waals surface area (Å²) in [5.41, 5.74) is 2.52. The summed E-state index contributed by atoms with van der Waals surface area (Å²) in [5.74, 6) is 0.912. The van der Waals surface area contributed by atoms with Gasteiger partial charge in [-0.2, -0.15) is 0 Å². The number of piperidine rings is 1. The third-order valence-corrected chi connectivity index (χ3v) is 4.34. The molecule has 2 heterocycles. The highest BCUT2D eigenvalue weighted by Gasteiger charge is 2.12. The van der Waals surface area contributed by atoms with E-state index in [1.54, 1.807) is 19.1 Å². The molecule has 0 radical (unpaired) electrons. The Balaban J connectivity index is 1.70. The lowest BCUT2D eigenvalue weighted by Crippen LogP contribution is -2.29. The van der Waals surface area contributed by atoms with Crippen molar-refractivity contribution in [1.29, 1.82) is 0 Å². The van der Waals surface area contributed by atoms with Gasteiger partial charge in [-0.15, -0.1) is 6.58 Å². The Hall–Kier alpha value is -2.89. The molecule has 3 rings (SSSR count). The van der Waals surface area contributed by atoms with E-state index in [-0.39, 0.29) is 5.91 Å². The Kier molecular flexibility index (Phi) is 5.84. The molecule has 2 N–H and O–H groups in total. The summed E-state index contributed by atoms with van der Waals surface area (Å²) in [5, 5.41) is 5.99. The number of nitrogens with one attached hydrogen (secondary N) is 2. The van der Waals surface area contributed by atoms with Gasteiger partial charge in [-0.05, 0) is 50.5 Å². The minimum atomic E-state index is -0.237. The first kappa shape index (κ1) is 17.9. The Morgan fingerprint density at radius 1 is 1.19 bits per heavy atom. The lowest BCUT2D eigenvalue weighted by atomic mass is 10.1. The van der Waals surface area contributed by atoms with Crippen LogP contribution in [-0.4, -0.2) is 35.5 Å². The predicted octanol–water partition coefficient (Wildman–Crippen LogP) is 3.43. The van der Waals surface area contributed by atoms with Crippen LogP contribution in [0.1, 0.15) is 35.6 Å². The third-order valence-electron chi connectivity index (χ3n) is 4.34. The van der Waals surface area contributed by atoms with Crippen molar-refractivity contribution in [2.24, 2.45) is 0 Å². The normalized spacial score (nSPS) is 14.0. The number of anilines is 3. The van der Waals surface area contributed by atoms with Crippen LogP contribution in [0.15, 0.2) is 43.0 Å². The van der Waals surface area contributed by atoms with Crippen LogP contribution >= 0.6 is 0 Å². The summed E-state index contributed by atoms with van der Waals surface area (Å²) in [6.45, 7) is 8.02. The average Bonchev–Trinajstić information content (AvgIpc) is 2.67. The van der Waals surface area contributed by atoms with Crippen molar-refractivity contribution in [2.45, 2.75) is 26.2 Å². The van der Waals surface area contributed by atoms with Gasteiger partial charge in [0.05, 0.1) is 0 Å². The van der Waals surface area contributed by atoms with E-state index in [0.29, 0.717) is 23.9 Å². The second-order valence-corrected chi connectivity index (χ2v) is 6.40. The number of aromatic nitrogens is 2. The molecule has 26 heavy (non-hydrogen) atoms. The number of carbonyl (C=O) groups is 1. The van der Waals surface area contributed by atoms with Gasteiger partial charge in [0.15, 0.2) is 0 Å². The van der Waals surface area contributed by atoms with Crippen molar-refractivity contribution in [2.75, 3.05) is 29.9 Å². The van der Waals surface area contributed by atoms with E-state index >= 15 is 0 Å². The highest BCUT2D eigenvalue weighted by atomic mass is 16.1. The van der Waals surface area contributed by atoms with E-state index in [2.05, 4.69) is 44.2 Å². The van der Waals surface area contributed by atoms with Crippen LogP contribution in [0.5, 0.6) is 0 Å². The number of nitrogens with zero attached hydrogens (tertiary/aromatic N) is 3. The van der Waals surface area contributed by atoms with E-state index in [1.807, 2.05) is 12.1 Å². The van der Waals surface area contributed by atoms with Crippen molar-refractivity contribution >= 4 is 23.1 Å². The van der Waals surface area contributed by atoms with Crippen molar-refractivity contribution < 1.29 is 4.79 Å². The molecule has 1 aliphatic rings. The maximum atomic E-state index is 12.1. The third kappa shape index (κ3) is 4.59. The van der Waals surface area contributed by atoms with Gasteiger partial charge in [-0.25, -0.2) is 9.97 Å². The fourth-order valence-electron chi connectivity index (χ4n) is 3.06. The van der Waals surface area contributed by atoms with Crippen LogP contribution in [0.2, 0.25) is 0 Å². The van der Waals surface area contributed by atoms with Crippen molar-refractivity contribution in [3.8, 4) is 0 Å². The largest absolute Gasteiger partial charge is 0.372 e. The molecule has 1 aromatic carbocycles. The van der Waals surface area contributed by atoms with Crippen LogP contribution in [0.25, 0.3) is 0 Å². The molecule has 6 heteroatoms. The predicted molar refractivity (Wildman–Crippen MR) is 105 cm³/mol. The van der Waals surface area contributed by atoms with E-state index in [9.17, 15) is 4.79 Å². The number of hydrogen-bond acceptors (Lipinski definition) is 5. The van der Waals surface area contributed by atoms with Gasteiger partial charge < -0.3 is 15.5 Å². The molecule has 1 amide bonds. The number of carbonyl (C=O) groups excluding carboxylic acids is 1. The quantitative estimate of drug-likeness (QED) is 0.780. The fraction of sp³-hybridized carbons (Fsp3) is 0.350. The molecule has 2 aromatic rings. The molecular formula is C20H25N5O. The summed E-state index contributed by atoms with van der Waals surface area (Å²) in [7, 11) is 0. The van der Waals surface area contributed by atoms with Gasteiger partial charge in [-0.3, -0.25) is 4.79 Å². The van der Waals surface area contributed by atoms with Gasteiger partial charge in [0.25, 0.3) is 5.91 Å². The molecule has 0 bridgehead atoms. The topological polar surface area (TPSA) is 70.2 Å². The van der Waals surface area contributed by atoms with Crippen molar-refractivity contribution in [3.63, 3.8) is 0 Å². The smallest absolute Gasteiger partial charge is 0.270 e. The van der Waals surface area contributed by atoms with Gasteiger partial charge in [0, 0.05) is 37.1 Å². The van der Waals surface area contributed by atoms with Gasteiger partial charge in [0.2, 0.25) is 0 Å². The Bertz CT molecular complexity index is 766. The maximum Gasteiger partial charge on any atom is 0.270 e. The van der Waals surface area contributed by atoms with E-state index in [1.165, 1.54) is 24.9 Å². The monoisotopic (exact) mass is 351 g/mol. The van der Waals surface area contributed by atoms with Crippen LogP contribution in [0, 0.1) is 6.92 Å². The molecule has 0 aliphatic carbocycles. The zero-order valence-electron chi connectivity index (χ0n) is 15.2. The summed E-state index contributed by atoms with van der Waals surface area (Å²) in [6, 6.07) is 9.99. The highest BCUT2D eigenvalue weighted by Crippen LogP contribution is 2.23. The molecule has 0 spiro atoms. The zero-order chi connectivity index (χ0) is 18.4. The summed E-state index contributed by atoms with van der Waals surface area (Å²) < 4.78 is 0. The standard InChI is InChI=1S/C20H25N5O/c1-3-11-21-20(26)18-14-19(23-15(2)22-18)24-16-7-9-17(10-8-16)25-12-5-4-6-13-25/h3,7-10,14H,1,4-6,11-13H2,2H3,(H,21,26)(H,22,23,24). The summed E-state index contributed by atoms with van der Waals surface area (Å²) >= 11 is 0. The molecule has 1 fully saturated rings. The van der Waals surface area contributed by atoms with E-state index in [0.717, 1.165) is 18.8 Å². The van der Waals surface area contributed by atoms with Crippen LogP contribution in [0.3, 0.4) is 0 Å². The number of amides is 1. The molecule has 0 unspecified atom stereocenters.